The Morgan fingerprint density at radius 3 is 2.36 bits per heavy atom. The van der Waals surface area contributed by atoms with Crippen LogP contribution in [0.2, 0.25) is 0 Å². The van der Waals surface area contributed by atoms with Crippen molar-refractivity contribution in [1.29, 1.82) is 0 Å². The standard InChI is InChI=1S/C54H58N8O3S/c1-35-36(2)66-54-50(35)52(56-48(34-49-55-23-31-65-49)53-58-57-37(3)62(53)54)40-9-14-42(15-10-40)60-24-21-43(22-25-60)61-28-26-59(27-29-61)30-32-64-45-17-11-39(12-18-45)51-46(38-7-5-4-6-8-38)19-13-41-33-44(63)16-20-47(41)51/h4-12,14-18,20,23,31,33,43,46,48,51,63H,13,19,21-22,24-30,32,34H2,1-3H3/t46-,48?,51+/m1/s1. The molecule has 3 atom stereocenters. The van der Waals surface area contributed by atoms with Crippen molar-refractivity contribution in [3.63, 3.8) is 0 Å². The van der Waals surface area contributed by atoms with Crippen LogP contribution >= 0.6 is 11.3 Å². The maximum absolute atomic E-state index is 10.2. The third-order valence-corrected chi connectivity index (χ3v) is 15.9. The zero-order valence-electron chi connectivity index (χ0n) is 38.1. The first-order valence-corrected chi connectivity index (χ1v) is 24.6. The fraction of sp³-hybridized carbons (Fsp3) is 0.370. The average molecular weight is 899 g/mol. The van der Waals surface area contributed by atoms with Crippen molar-refractivity contribution in [1.82, 2.24) is 29.5 Å². The molecule has 66 heavy (non-hydrogen) atoms. The van der Waals surface area contributed by atoms with Crippen LogP contribution in [-0.4, -0.2) is 98.8 Å². The van der Waals surface area contributed by atoms with Gasteiger partial charge in [-0.1, -0.05) is 60.7 Å². The lowest BCUT2D eigenvalue weighted by atomic mass is 9.69. The van der Waals surface area contributed by atoms with Crippen molar-refractivity contribution in [2.45, 2.75) is 76.8 Å². The smallest absolute Gasteiger partial charge is 0.196 e. The number of aliphatic imine (C=N–C) groups is 1. The molecular formula is C54H58N8O3S. The van der Waals surface area contributed by atoms with E-state index in [4.69, 9.17) is 14.1 Å². The Morgan fingerprint density at radius 2 is 1.61 bits per heavy atom. The van der Waals surface area contributed by atoms with E-state index in [1.54, 1.807) is 23.8 Å². The summed E-state index contributed by atoms with van der Waals surface area (Å²) in [6.45, 7) is 14.5. The number of nitrogens with zero attached hydrogens (tertiary/aromatic N) is 8. The number of fused-ring (bicyclic) bond motifs is 4. The molecule has 3 aromatic heterocycles. The number of ether oxygens (including phenoxy) is 1. The highest BCUT2D eigenvalue weighted by Crippen LogP contribution is 2.47. The van der Waals surface area contributed by atoms with Gasteiger partial charge >= 0.3 is 0 Å². The Morgan fingerprint density at radius 1 is 0.818 bits per heavy atom. The lowest BCUT2D eigenvalue weighted by molar-refractivity contribution is 0.0770. The molecule has 1 unspecified atom stereocenters. The van der Waals surface area contributed by atoms with E-state index >= 15 is 0 Å². The minimum Gasteiger partial charge on any atom is -0.508 e. The molecule has 12 heteroatoms. The molecule has 1 N–H and O–H groups in total. The molecule has 6 heterocycles. The number of phenols is 1. The number of piperazine rings is 1. The molecule has 0 bridgehead atoms. The van der Waals surface area contributed by atoms with Crippen LogP contribution in [0.4, 0.5) is 5.69 Å². The number of benzene rings is 4. The number of piperidine rings is 1. The quantitative estimate of drug-likeness (QED) is 0.136. The third-order valence-electron chi connectivity index (χ3n) is 14.7. The fourth-order valence-electron chi connectivity index (χ4n) is 11.1. The lowest BCUT2D eigenvalue weighted by Crippen LogP contribution is -2.53. The van der Waals surface area contributed by atoms with Crippen LogP contribution < -0.4 is 9.64 Å². The molecule has 3 aliphatic heterocycles. The van der Waals surface area contributed by atoms with Crippen molar-refractivity contribution < 1.29 is 14.3 Å². The predicted octanol–water partition coefficient (Wildman–Crippen LogP) is 9.61. The van der Waals surface area contributed by atoms with E-state index in [2.05, 4.69) is 133 Å². The zero-order chi connectivity index (χ0) is 44.7. The first kappa shape index (κ1) is 42.5. The van der Waals surface area contributed by atoms with Crippen LogP contribution in [0.25, 0.3) is 5.00 Å². The van der Waals surface area contributed by atoms with E-state index < -0.39 is 0 Å². The summed E-state index contributed by atoms with van der Waals surface area (Å²) in [7, 11) is 0. The molecule has 0 radical (unpaired) electrons. The van der Waals surface area contributed by atoms with Gasteiger partial charge in [0.15, 0.2) is 11.7 Å². The van der Waals surface area contributed by atoms with Crippen molar-refractivity contribution in [3.8, 4) is 16.5 Å². The first-order valence-electron chi connectivity index (χ1n) is 23.7. The summed E-state index contributed by atoms with van der Waals surface area (Å²) in [6.07, 6.45) is 8.19. The molecule has 0 spiro atoms. The van der Waals surface area contributed by atoms with Crippen LogP contribution in [0, 0.1) is 20.8 Å². The highest BCUT2D eigenvalue weighted by atomic mass is 32.1. The van der Waals surface area contributed by atoms with E-state index in [1.165, 1.54) is 51.2 Å². The highest BCUT2D eigenvalue weighted by Gasteiger charge is 2.34. The van der Waals surface area contributed by atoms with Crippen molar-refractivity contribution >= 4 is 22.7 Å². The Labute approximate surface area is 391 Å². The molecule has 4 aromatic carbocycles. The first-order chi connectivity index (χ1) is 32.3. The second-order valence-corrected chi connectivity index (χ2v) is 19.7. The summed E-state index contributed by atoms with van der Waals surface area (Å²) < 4.78 is 14.2. The van der Waals surface area contributed by atoms with E-state index in [1.807, 2.05) is 19.1 Å². The maximum atomic E-state index is 10.2. The van der Waals surface area contributed by atoms with Gasteiger partial charge in [0.1, 0.15) is 41.2 Å². The number of aromatic hydroxyl groups is 1. The average Bonchev–Trinajstić information content (AvgIpc) is 4.07. The van der Waals surface area contributed by atoms with Gasteiger partial charge in [0.05, 0.1) is 18.3 Å². The summed E-state index contributed by atoms with van der Waals surface area (Å²) in [6, 6.07) is 35.0. The summed E-state index contributed by atoms with van der Waals surface area (Å²) in [4.78, 5) is 19.0. The number of aromatic nitrogens is 4. The van der Waals surface area contributed by atoms with Crippen LogP contribution in [0.15, 0.2) is 119 Å². The second kappa shape index (κ2) is 18.3. The Hall–Kier alpha value is -6.08. The summed E-state index contributed by atoms with van der Waals surface area (Å²) in [5, 5.41) is 20.5. The summed E-state index contributed by atoms with van der Waals surface area (Å²) >= 11 is 1.78. The number of hydrogen-bond donors (Lipinski definition) is 1. The molecule has 11 nitrogen and oxygen atoms in total. The Kier molecular flexibility index (Phi) is 11.8. The number of phenolic OH excluding ortho intramolecular Hbond substituents is 1. The normalized spacial score (nSPS) is 20.3. The Bertz CT molecular complexity index is 2800. The monoisotopic (exact) mass is 898 g/mol. The molecule has 4 aliphatic rings. The van der Waals surface area contributed by atoms with E-state index in [0.717, 1.165) is 97.9 Å². The van der Waals surface area contributed by atoms with Gasteiger partial charge in [-0.15, -0.1) is 21.5 Å². The predicted molar refractivity (Wildman–Crippen MR) is 261 cm³/mol. The summed E-state index contributed by atoms with van der Waals surface area (Å²) in [5.41, 5.74) is 11.0. The number of thiophene rings is 1. The molecular weight excluding hydrogens is 841 g/mol. The van der Waals surface area contributed by atoms with Crippen LogP contribution in [0.1, 0.15) is 98.5 Å². The number of rotatable bonds is 11. The van der Waals surface area contributed by atoms with Gasteiger partial charge in [0, 0.05) is 79.5 Å². The van der Waals surface area contributed by atoms with Crippen molar-refractivity contribution in [3.05, 3.63) is 171 Å². The highest BCUT2D eigenvalue weighted by molar-refractivity contribution is 7.15. The van der Waals surface area contributed by atoms with Gasteiger partial charge in [-0.3, -0.25) is 19.4 Å². The Balaban J connectivity index is 0.679. The van der Waals surface area contributed by atoms with Crippen molar-refractivity contribution in [2.24, 2.45) is 4.99 Å². The second-order valence-electron chi connectivity index (χ2n) is 18.5. The van der Waals surface area contributed by atoms with Gasteiger partial charge in [-0.2, -0.15) is 0 Å². The molecule has 0 saturated carbocycles. The molecule has 0 amide bonds. The number of anilines is 1. The summed E-state index contributed by atoms with van der Waals surface area (Å²) in [5.74, 6) is 4.21. The van der Waals surface area contributed by atoms with E-state index in [0.29, 0.717) is 36.6 Å². The van der Waals surface area contributed by atoms with Gasteiger partial charge in [-0.25, -0.2) is 4.98 Å². The van der Waals surface area contributed by atoms with Gasteiger partial charge in [0.25, 0.3) is 0 Å². The lowest BCUT2D eigenvalue weighted by Gasteiger charge is -2.43. The fourth-order valence-corrected chi connectivity index (χ4v) is 12.3. The van der Waals surface area contributed by atoms with E-state index in [9.17, 15) is 5.11 Å². The maximum Gasteiger partial charge on any atom is 0.196 e. The minimum absolute atomic E-state index is 0.236. The van der Waals surface area contributed by atoms with E-state index in [-0.39, 0.29) is 12.0 Å². The number of oxazole rings is 1. The van der Waals surface area contributed by atoms with Crippen LogP contribution in [0.3, 0.4) is 0 Å². The molecule has 7 aromatic rings. The zero-order valence-corrected chi connectivity index (χ0v) is 39.0. The topological polar surface area (TPSA) is 108 Å². The number of aryl methyl sites for hydroxylation is 3. The van der Waals surface area contributed by atoms with Gasteiger partial charge in [0.2, 0.25) is 0 Å². The molecule has 2 fully saturated rings. The SMILES string of the molecule is Cc1sc2c(c1C)C(c1ccc(N3CCC(N4CCN(CCOc5ccc([C@@H]6c7ccc(O)cc7CC[C@@H]6c6ccccc6)cc5)CC4)CC3)cc1)=NC(Cc1ncco1)c1nnc(C)n1-2. The van der Waals surface area contributed by atoms with Crippen LogP contribution in [0.5, 0.6) is 11.5 Å². The van der Waals surface area contributed by atoms with Crippen LogP contribution in [-0.2, 0) is 12.8 Å². The molecule has 2 saturated heterocycles. The molecule has 338 valence electrons. The molecule has 1 aliphatic carbocycles. The molecule has 11 rings (SSSR count). The largest absolute Gasteiger partial charge is 0.508 e. The minimum atomic E-state index is -0.282. The van der Waals surface area contributed by atoms with Gasteiger partial charge < -0.3 is 19.2 Å². The number of hydrogen-bond acceptors (Lipinski definition) is 11. The van der Waals surface area contributed by atoms with Gasteiger partial charge in [-0.05, 0) is 117 Å². The third kappa shape index (κ3) is 8.35. The van der Waals surface area contributed by atoms with Crippen molar-refractivity contribution in [2.75, 3.05) is 57.3 Å².